The number of benzene rings is 1. The number of hydrogen-bond acceptors (Lipinski definition) is 4. The monoisotopic (exact) mass is 293 g/mol. The fourth-order valence-electron chi connectivity index (χ4n) is 2.40. The Morgan fingerprint density at radius 3 is 2.79 bits per heavy atom. The number of nitrogens with one attached hydrogen (secondary N) is 1. The molecule has 0 aliphatic carbocycles. The fraction of sp³-hybridized carbons (Fsp3) is 0.357. The van der Waals surface area contributed by atoms with Crippen molar-refractivity contribution in [1.82, 2.24) is 4.98 Å². The normalized spacial score (nSPS) is 14.9. The Balaban J connectivity index is 1.73. The van der Waals surface area contributed by atoms with Gasteiger partial charge in [0.2, 0.25) is 0 Å². The van der Waals surface area contributed by atoms with E-state index in [-0.39, 0.29) is 0 Å². The van der Waals surface area contributed by atoms with Gasteiger partial charge in [0.25, 0.3) is 0 Å². The van der Waals surface area contributed by atoms with E-state index < -0.39 is 0 Å². The number of halogens is 1. The zero-order valence-electron chi connectivity index (χ0n) is 10.6. The molecule has 0 unspecified atom stereocenters. The van der Waals surface area contributed by atoms with E-state index in [1.807, 2.05) is 0 Å². The van der Waals surface area contributed by atoms with Crippen molar-refractivity contribution in [3.8, 4) is 0 Å². The minimum Gasteiger partial charge on any atom is -0.377 e. The van der Waals surface area contributed by atoms with Gasteiger partial charge in [-0.1, -0.05) is 23.7 Å². The molecule has 2 aromatic rings. The van der Waals surface area contributed by atoms with E-state index in [0.29, 0.717) is 0 Å². The number of anilines is 2. The van der Waals surface area contributed by atoms with Gasteiger partial charge in [-0.3, -0.25) is 0 Å². The number of hydrogen-bond donors (Lipinski definition) is 1. The maximum atomic E-state index is 5.90. The maximum Gasteiger partial charge on any atom is 0.113 e. The first kappa shape index (κ1) is 12.8. The minimum atomic E-state index is 0.724. The average Bonchev–Trinajstić information content (AvgIpc) is 3.08. The molecule has 0 spiro atoms. The largest absolute Gasteiger partial charge is 0.377 e. The molecule has 0 radical (unpaired) electrons. The lowest BCUT2D eigenvalue weighted by Gasteiger charge is -2.21. The van der Waals surface area contributed by atoms with E-state index in [0.717, 1.165) is 29.0 Å². The van der Waals surface area contributed by atoms with Gasteiger partial charge < -0.3 is 10.2 Å². The third kappa shape index (κ3) is 3.01. The summed E-state index contributed by atoms with van der Waals surface area (Å²) in [6.45, 7) is 3.03. The molecular formula is C14H16ClN3S. The average molecular weight is 294 g/mol. The lowest BCUT2D eigenvalue weighted by Crippen LogP contribution is -2.19. The molecule has 1 saturated heterocycles. The molecule has 1 aliphatic rings. The SMILES string of the molecule is Clc1cnc(CNc2ccccc2N2CCCC2)s1. The summed E-state index contributed by atoms with van der Waals surface area (Å²) in [5.41, 5.74) is 2.47. The number of aromatic nitrogens is 1. The standard InChI is InChI=1S/C14H16ClN3S/c15-13-9-17-14(19-13)10-16-11-5-1-2-6-12(11)18-7-3-4-8-18/h1-2,5-6,9,16H,3-4,7-8,10H2. The molecule has 0 saturated carbocycles. The summed E-state index contributed by atoms with van der Waals surface area (Å²) in [4.78, 5) is 6.71. The van der Waals surface area contributed by atoms with Crippen LogP contribution in [-0.4, -0.2) is 18.1 Å². The van der Waals surface area contributed by atoms with Crippen molar-refractivity contribution in [1.29, 1.82) is 0 Å². The Kier molecular flexibility index (Phi) is 3.89. The molecule has 100 valence electrons. The minimum absolute atomic E-state index is 0.724. The highest BCUT2D eigenvalue weighted by Gasteiger charge is 2.15. The quantitative estimate of drug-likeness (QED) is 0.923. The molecule has 3 nitrogen and oxygen atoms in total. The van der Waals surface area contributed by atoms with Crippen LogP contribution in [0.25, 0.3) is 0 Å². The van der Waals surface area contributed by atoms with Crippen LogP contribution in [-0.2, 0) is 6.54 Å². The van der Waals surface area contributed by atoms with Crippen molar-refractivity contribution in [3.05, 3.63) is 39.8 Å². The second-order valence-corrected chi connectivity index (χ2v) is 6.37. The first-order valence-corrected chi connectivity index (χ1v) is 7.70. The summed E-state index contributed by atoms with van der Waals surface area (Å²) in [7, 11) is 0. The van der Waals surface area contributed by atoms with Gasteiger partial charge in [0, 0.05) is 13.1 Å². The van der Waals surface area contributed by atoms with Crippen LogP contribution in [0.2, 0.25) is 4.34 Å². The number of rotatable bonds is 4. The molecule has 0 bridgehead atoms. The topological polar surface area (TPSA) is 28.2 Å². The molecule has 1 aliphatic heterocycles. The van der Waals surface area contributed by atoms with E-state index in [1.165, 1.54) is 35.6 Å². The van der Waals surface area contributed by atoms with Crippen molar-refractivity contribution in [2.24, 2.45) is 0 Å². The van der Waals surface area contributed by atoms with Crippen molar-refractivity contribution in [2.75, 3.05) is 23.3 Å². The van der Waals surface area contributed by atoms with Crippen LogP contribution in [0, 0.1) is 0 Å². The summed E-state index contributed by atoms with van der Waals surface area (Å²) in [5, 5.41) is 4.48. The Labute approximate surface area is 122 Å². The smallest absolute Gasteiger partial charge is 0.113 e. The van der Waals surface area contributed by atoms with Crippen molar-refractivity contribution < 1.29 is 0 Å². The molecule has 19 heavy (non-hydrogen) atoms. The Hall–Kier alpha value is -1.26. The Morgan fingerprint density at radius 1 is 1.26 bits per heavy atom. The van der Waals surface area contributed by atoms with Crippen LogP contribution in [0.1, 0.15) is 17.8 Å². The van der Waals surface area contributed by atoms with Crippen LogP contribution in [0.5, 0.6) is 0 Å². The zero-order valence-corrected chi connectivity index (χ0v) is 12.2. The Bertz CT molecular complexity index is 549. The van der Waals surface area contributed by atoms with Crippen LogP contribution < -0.4 is 10.2 Å². The van der Waals surface area contributed by atoms with Gasteiger partial charge in [-0.15, -0.1) is 11.3 Å². The number of nitrogens with zero attached hydrogens (tertiary/aromatic N) is 2. The van der Waals surface area contributed by atoms with E-state index in [4.69, 9.17) is 11.6 Å². The first-order chi connectivity index (χ1) is 9.33. The highest BCUT2D eigenvalue weighted by molar-refractivity contribution is 7.15. The third-order valence-electron chi connectivity index (χ3n) is 3.31. The van der Waals surface area contributed by atoms with Gasteiger partial charge in [-0.25, -0.2) is 4.98 Å². The molecule has 3 rings (SSSR count). The van der Waals surface area contributed by atoms with Gasteiger partial charge in [-0.05, 0) is 25.0 Å². The van der Waals surface area contributed by atoms with Crippen molar-refractivity contribution in [2.45, 2.75) is 19.4 Å². The fourth-order valence-corrected chi connectivity index (χ4v) is 3.29. The molecule has 0 atom stereocenters. The van der Waals surface area contributed by atoms with E-state index in [9.17, 15) is 0 Å². The molecule has 2 heterocycles. The van der Waals surface area contributed by atoms with Crippen molar-refractivity contribution >= 4 is 34.3 Å². The molecular weight excluding hydrogens is 278 g/mol. The summed E-state index contributed by atoms with van der Waals surface area (Å²) >= 11 is 7.42. The number of para-hydroxylation sites is 2. The van der Waals surface area contributed by atoms with E-state index >= 15 is 0 Å². The second-order valence-electron chi connectivity index (χ2n) is 4.62. The number of thiazole rings is 1. The molecule has 1 N–H and O–H groups in total. The van der Waals surface area contributed by atoms with E-state index in [1.54, 1.807) is 6.20 Å². The van der Waals surface area contributed by atoms with Gasteiger partial charge in [-0.2, -0.15) is 0 Å². The first-order valence-electron chi connectivity index (χ1n) is 6.51. The Morgan fingerprint density at radius 2 is 2.05 bits per heavy atom. The van der Waals surface area contributed by atoms with Crippen LogP contribution in [0.4, 0.5) is 11.4 Å². The van der Waals surface area contributed by atoms with Gasteiger partial charge in [0.05, 0.1) is 24.1 Å². The second kappa shape index (κ2) is 5.80. The molecule has 0 amide bonds. The summed E-state index contributed by atoms with van der Waals surface area (Å²) in [6.07, 6.45) is 4.28. The van der Waals surface area contributed by atoms with Gasteiger partial charge in [0.15, 0.2) is 0 Å². The molecule has 1 aromatic carbocycles. The lowest BCUT2D eigenvalue weighted by atomic mass is 10.2. The highest BCUT2D eigenvalue weighted by Crippen LogP contribution is 2.29. The van der Waals surface area contributed by atoms with Crippen LogP contribution in [0.15, 0.2) is 30.5 Å². The highest BCUT2D eigenvalue weighted by atomic mass is 35.5. The summed E-state index contributed by atoms with van der Waals surface area (Å²) in [5.74, 6) is 0. The lowest BCUT2D eigenvalue weighted by molar-refractivity contribution is 0.949. The molecule has 1 aromatic heterocycles. The predicted molar refractivity (Wildman–Crippen MR) is 82.3 cm³/mol. The third-order valence-corrected chi connectivity index (χ3v) is 4.42. The van der Waals surface area contributed by atoms with E-state index in [2.05, 4.69) is 39.5 Å². The van der Waals surface area contributed by atoms with Gasteiger partial charge >= 0.3 is 0 Å². The van der Waals surface area contributed by atoms with Crippen molar-refractivity contribution in [3.63, 3.8) is 0 Å². The zero-order chi connectivity index (χ0) is 13.1. The molecule has 1 fully saturated rings. The maximum absolute atomic E-state index is 5.90. The van der Waals surface area contributed by atoms with Crippen LogP contribution >= 0.6 is 22.9 Å². The summed E-state index contributed by atoms with van der Waals surface area (Å²) in [6, 6.07) is 8.47. The predicted octanol–water partition coefficient (Wildman–Crippen LogP) is 4.01. The summed E-state index contributed by atoms with van der Waals surface area (Å²) < 4.78 is 0.740. The van der Waals surface area contributed by atoms with Gasteiger partial charge in [0.1, 0.15) is 9.34 Å². The molecule has 5 heteroatoms. The van der Waals surface area contributed by atoms with Crippen LogP contribution in [0.3, 0.4) is 0 Å².